The van der Waals surface area contributed by atoms with Gasteiger partial charge in [0, 0.05) is 18.7 Å². The molecule has 0 spiro atoms. The first-order valence-electron chi connectivity index (χ1n) is 9.25. The molecule has 136 valence electrons. The predicted octanol–water partition coefficient (Wildman–Crippen LogP) is 4.11. The molecule has 1 fully saturated rings. The van der Waals surface area contributed by atoms with Crippen molar-refractivity contribution >= 4 is 17.5 Å². The molecule has 2 aromatic carbocycles. The number of aryl methyl sites for hydroxylation is 2. The number of nitrogens with one attached hydrogen (secondary N) is 1. The van der Waals surface area contributed by atoms with Gasteiger partial charge >= 0.3 is 0 Å². The molecule has 1 saturated heterocycles. The lowest BCUT2D eigenvalue weighted by molar-refractivity contribution is -0.129. The quantitative estimate of drug-likeness (QED) is 0.882. The molecule has 0 aromatic heterocycles. The van der Waals surface area contributed by atoms with Crippen molar-refractivity contribution in [1.29, 1.82) is 0 Å². The van der Waals surface area contributed by atoms with Crippen molar-refractivity contribution in [2.75, 3.05) is 11.9 Å². The van der Waals surface area contributed by atoms with Gasteiger partial charge in [-0.15, -0.1) is 0 Å². The number of anilines is 1. The topological polar surface area (TPSA) is 49.4 Å². The third-order valence-corrected chi connectivity index (χ3v) is 5.27. The molecule has 0 saturated carbocycles. The second-order valence-electron chi connectivity index (χ2n) is 6.99. The Balaban J connectivity index is 1.72. The van der Waals surface area contributed by atoms with E-state index in [4.69, 9.17) is 0 Å². The average molecular weight is 350 g/mol. The fraction of sp³-hybridized carbons (Fsp3) is 0.364. The molecule has 0 bridgehead atoms. The zero-order chi connectivity index (χ0) is 18.7. The standard InChI is InChI=1S/C22H26N2O2/c1-4-17-12-8-9-15(2)21(17)23-22(26)19-13-20(25)24(14-19)16(3)18-10-6-5-7-11-18/h5-12,16,19H,4,13-14H2,1-3H3,(H,23,26)/t16-,19-/m0/s1. The summed E-state index contributed by atoms with van der Waals surface area (Å²) < 4.78 is 0. The zero-order valence-electron chi connectivity index (χ0n) is 15.7. The molecule has 0 radical (unpaired) electrons. The van der Waals surface area contributed by atoms with Gasteiger partial charge in [0.2, 0.25) is 11.8 Å². The van der Waals surface area contributed by atoms with Crippen molar-refractivity contribution in [3.63, 3.8) is 0 Å². The Labute approximate surface area is 155 Å². The molecule has 2 amide bonds. The number of hydrogen-bond donors (Lipinski definition) is 1. The van der Waals surface area contributed by atoms with Gasteiger partial charge in [0.15, 0.2) is 0 Å². The number of hydrogen-bond acceptors (Lipinski definition) is 2. The summed E-state index contributed by atoms with van der Waals surface area (Å²) >= 11 is 0. The van der Waals surface area contributed by atoms with Gasteiger partial charge in [0.05, 0.1) is 12.0 Å². The third kappa shape index (κ3) is 3.64. The minimum Gasteiger partial charge on any atom is -0.335 e. The van der Waals surface area contributed by atoms with Crippen LogP contribution >= 0.6 is 0 Å². The lowest BCUT2D eigenvalue weighted by Gasteiger charge is -2.25. The lowest BCUT2D eigenvalue weighted by Crippen LogP contribution is -2.30. The molecular formula is C22H26N2O2. The van der Waals surface area contributed by atoms with Crippen LogP contribution in [-0.4, -0.2) is 23.3 Å². The molecule has 2 aromatic rings. The zero-order valence-corrected chi connectivity index (χ0v) is 15.7. The van der Waals surface area contributed by atoms with Crippen LogP contribution in [0.25, 0.3) is 0 Å². The Morgan fingerprint density at radius 1 is 1.19 bits per heavy atom. The summed E-state index contributed by atoms with van der Waals surface area (Å²) in [5.41, 5.74) is 4.16. The maximum Gasteiger partial charge on any atom is 0.229 e. The van der Waals surface area contributed by atoms with Gasteiger partial charge < -0.3 is 10.2 Å². The van der Waals surface area contributed by atoms with Crippen LogP contribution in [0.5, 0.6) is 0 Å². The number of nitrogens with zero attached hydrogens (tertiary/aromatic N) is 1. The van der Waals surface area contributed by atoms with E-state index < -0.39 is 0 Å². The van der Waals surface area contributed by atoms with Crippen LogP contribution in [0.15, 0.2) is 48.5 Å². The Hall–Kier alpha value is -2.62. The smallest absolute Gasteiger partial charge is 0.229 e. The van der Waals surface area contributed by atoms with Crippen LogP contribution in [0, 0.1) is 12.8 Å². The summed E-state index contributed by atoms with van der Waals surface area (Å²) in [7, 11) is 0. The largest absolute Gasteiger partial charge is 0.335 e. The van der Waals surface area contributed by atoms with Crippen LogP contribution in [0.1, 0.15) is 43.0 Å². The molecule has 1 heterocycles. The first kappa shape index (κ1) is 18.2. The summed E-state index contributed by atoms with van der Waals surface area (Å²) in [5, 5.41) is 3.07. The van der Waals surface area contributed by atoms with Crippen LogP contribution in [0.2, 0.25) is 0 Å². The molecule has 1 N–H and O–H groups in total. The number of para-hydroxylation sites is 1. The van der Waals surface area contributed by atoms with Gasteiger partial charge in [-0.05, 0) is 37.0 Å². The molecule has 1 aliphatic heterocycles. The normalized spacial score (nSPS) is 18.0. The molecule has 3 rings (SSSR count). The average Bonchev–Trinajstić information content (AvgIpc) is 3.05. The van der Waals surface area contributed by atoms with E-state index in [1.807, 2.05) is 67.3 Å². The highest BCUT2D eigenvalue weighted by atomic mass is 16.2. The highest BCUT2D eigenvalue weighted by Crippen LogP contribution is 2.30. The molecule has 26 heavy (non-hydrogen) atoms. The molecule has 4 nitrogen and oxygen atoms in total. The number of likely N-dealkylation sites (tertiary alicyclic amines) is 1. The summed E-state index contributed by atoms with van der Waals surface area (Å²) in [5.74, 6) is -0.329. The maximum absolute atomic E-state index is 12.8. The summed E-state index contributed by atoms with van der Waals surface area (Å²) in [6, 6.07) is 16.0. The minimum atomic E-state index is -0.307. The first-order valence-corrected chi connectivity index (χ1v) is 9.25. The molecular weight excluding hydrogens is 324 g/mol. The molecule has 0 unspecified atom stereocenters. The number of carbonyl (C=O) groups is 2. The van der Waals surface area contributed by atoms with Crippen molar-refractivity contribution in [3.8, 4) is 0 Å². The summed E-state index contributed by atoms with van der Waals surface area (Å²) in [6.45, 7) is 6.56. The van der Waals surface area contributed by atoms with Gasteiger partial charge in [-0.25, -0.2) is 0 Å². The Kier molecular flexibility index (Phi) is 5.40. The number of carbonyl (C=O) groups excluding carboxylic acids is 2. The third-order valence-electron chi connectivity index (χ3n) is 5.27. The second-order valence-corrected chi connectivity index (χ2v) is 6.99. The summed E-state index contributed by atoms with van der Waals surface area (Å²) in [4.78, 5) is 27.1. The van der Waals surface area contributed by atoms with Crippen molar-refractivity contribution in [2.45, 2.75) is 39.7 Å². The van der Waals surface area contributed by atoms with Gasteiger partial charge in [-0.2, -0.15) is 0 Å². The van der Waals surface area contributed by atoms with Crippen molar-refractivity contribution in [1.82, 2.24) is 4.90 Å². The number of amides is 2. The minimum absolute atomic E-state index is 0.0221. The number of rotatable bonds is 5. The number of benzene rings is 2. The van der Waals surface area contributed by atoms with E-state index in [1.165, 1.54) is 0 Å². The van der Waals surface area contributed by atoms with Gasteiger partial charge in [-0.1, -0.05) is 55.5 Å². The Bertz CT molecular complexity index is 801. The van der Waals surface area contributed by atoms with E-state index in [1.54, 1.807) is 0 Å². The molecule has 2 atom stereocenters. The van der Waals surface area contributed by atoms with Crippen molar-refractivity contribution < 1.29 is 9.59 Å². The SMILES string of the molecule is CCc1cccc(C)c1NC(=O)[C@H]1CC(=O)N([C@@H](C)c2ccccc2)C1. The van der Waals surface area contributed by atoms with Crippen LogP contribution in [-0.2, 0) is 16.0 Å². The van der Waals surface area contributed by atoms with Gasteiger partial charge in [0.25, 0.3) is 0 Å². The highest BCUT2D eigenvalue weighted by molar-refractivity contribution is 5.98. The van der Waals surface area contributed by atoms with Crippen LogP contribution in [0.3, 0.4) is 0 Å². The second kappa shape index (κ2) is 7.73. The fourth-order valence-corrected chi connectivity index (χ4v) is 3.62. The molecule has 0 aliphatic carbocycles. The Morgan fingerprint density at radius 3 is 2.62 bits per heavy atom. The van der Waals surface area contributed by atoms with E-state index in [-0.39, 0.29) is 30.2 Å². The van der Waals surface area contributed by atoms with Crippen molar-refractivity contribution in [2.24, 2.45) is 5.92 Å². The predicted molar refractivity (Wildman–Crippen MR) is 104 cm³/mol. The Morgan fingerprint density at radius 2 is 1.92 bits per heavy atom. The lowest BCUT2D eigenvalue weighted by atomic mass is 10.0. The monoisotopic (exact) mass is 350 g/mol. The van der Waals surface area contributed by atoms with Crippen LogP contribution < -0.4 is 5.32 Å². The van der Waals surface area contributed by atoms with E-state index in [9.17, 15) is 9.59 Å². The van der Waals surface area contributed by atoms with Crippen molar-refractivity contribution in [3.05, 3.63) is 65.2 Å². The van der Waals surface area contributed by atoms with E-state index >= 15 is 0 Å². The van der Waals surface area contributed by atoms with Crippen LogP contribution in [0.4, 0.5) is 5.69 Å². The molecule has 4 heteroatoms. The highest BCUT2D eigenvalue weighted by Gasteiger charge is 2.37. The van der Waals surface area contributed by atoms with Gasteiger partial charge in [0.1, 0.15) is 0 Å². The maximum atomic E-state index is 12.8. The summed E-state index contributed by atoms with van der Waals surface area (Å²) in [6.07, 6.45) is 1.13. The molecule has 1 aliphatic rings. The first-order chi connectivity index (χ1) is 12.5. The van der Waals surface area contributed by atoms with Gasteiger partial charge in [-0.3, -0.25) is 9.59 Å². The van der Waals surface area contributed by atoms with E-state index in [0.29, 0.717) is 6.54 Å². The van der Waals surface area contributed by atoms with E-state index in [0.717, 1.165) is 28.8 Å². The van der Waals surface area contributed by atoms with E-state index in [2.05, 4.69) is 12.2 Å². The fourth-order valence-electron chi connectivity index (χ4n) is 3.62.